The second-order valence-electron chi connectivity index (χ2n) is 3.13. The third kappa shape index (κ3) is 1.52. The first-order chi connectivity index (χ1) is 6.21. The molecule has 1 aromatic heterocycles. The first-order valence-corrected chi connectivity index (χ1v) is 4.73. The fourth-order valence-corrected chi connectivity index (χ4v) is 1.55. The number of aromatic nitrogens is 3. The predicted octanol–water partition coefficient (Wildman–Crippen LogP) is -0.247. The van der Waals surface area contributed by atoms with Crippen molar-refractivity contribution < 1.29 is 4.79 Å². The lowest BCUT2D eigenvalue weighted by Crippen LogP contribution is -2.56. The van der Waals surface area contributed by atoms with E-state index in [1.165, 1.54) is 0 Å². The van der Waals surface area contributed by atoms with Gasteiger partial charge in [0.05, 0.1) is 5.54 Å². The molecule has 70 valence electrons. The van der Waals surface area contributed by atoms with Crippen LogP contribution in [0.5, 0.6) is 0 Å². The van der Waals surface area contributed by atoms with Gasteiger partial charge in [-0.25, -0.2) is 0 Å². The number of nitrogens with one attached hydrogen (secondary N) is 1. The van der Waals surface area contributed by atoms with Gasteiger partial charge in [-0.15, -0.1) is 0 Å². The Morgan fingerprint density at radius 2 is 2.38 bits per heavy atom. The van der Waals surface area contributed by atoms with E-state index in [1.807, 2.05) is 0 Å². The van der Waals surface area contributed by atoms with Gasteiger partial charge in [0.15, 0.2) is 0 Å². The maximum absolute atomic E-state index is 11.5. The molecule has 3 N–H and O–H groups in total. The van der Waals surface area contributed by atoms with Gasteiger partial charge in [-0.3, -0.25) is 10.1 Å². The van der Waals surface area contributed by atoms with E-state index in [9.17, 15) is 4.79 Å². The van der Waals surface area contributed by atoms with Crippen LogP contribution in [0.3, 0.4) is 0 Å². The van der Waals surface area contributed by atoms with Crippen molar-refractivity contribution >= 4 is 22.6 Å². The molecule has 0 aliphatic heterocycles. The van der Waals surface area contributed by atoms with Crippen LogP contribution in [0.15, 0.2) is 0 Å². The van der Waals surface area contributed by atoms with E-state index in [2.05, 4.69) is 20.1 Å². The Morgan fingerprint density at radius 1 is 1.62 bits per heavy atom. The summed E-state index contributed by atoms with van der Waals surface area (Å²) in [6.45, 7) is 0. The van der Waals surface area contributed by atoms with E-state index in [0.29, 0.717) is 5.13 Å². The number of nitrogens with zero attached hydrogens (tertiary/aromatic N) is 3. The lowest BCUT2D eigenvalue weighted by atomic mass is 9.77. The zero-order valence-corrected chi connectivity index (χ0v) is 7.67. The van der Waals surface area contributed by atoms with Crippen molar-refractivity contribution in [1.29, 1.82) is 0 Å². The van der Waals surface area contributed by atoms with E-state index in [1.54, 1.807) is 0 Å². The van der Waals surface area contributed by atoms with Crippen LogP contribution in [0.25, 0.3) is 0 Å². The molecule has 6 nitrogen and oxygen atoms in total. The SMILES string of the molecule is NC1(C(=O)Nc2nnns2)CCC1. The molecular formula is C6H9N5OS. The molecule has 1 aliphatic carbocycles. The van der Waals surface area contributed by atoms with E-state index in [4.69, 9.17) is 5.73 Å². The third-order valence-electron chi connectivity index (χ3n) is 2.22. The third-order valence-corrected chi connectivity index (χ3v) is 2.73. The average Bonchev–Trinajstić information content (AvgIpc) is 2.52. The van der Waals surface area contributed by atoms with E-state index < -0.39 is 5.54 Å². The Bertz CT molecular complexity index is 307. The van der Waals surface area contributed by atoms with Gasteiger partial charge in [-0.2, -0.15) is 0 Å². The summed E-state index contributed by atoms with van der Waals surface area (Å²) in [5.74, 6) is -0.183. The quantitative estimate of drug-likeness (QED) is 0.685. The van der Waals surface area contributed by atoms with E-state index in [-0.39, 0.29) is 5.91 Å². The molecule has 1 heterocycles. The maximum Gasteiger partial charge on any atom is 0.246 e. The molecule has 7 heteroatoms. The molecule has 0 unspecified atom stereocenters. The van der Waals surface area contributed by atoms with Gasteiger partial charge in [0.25, 0.3) is 0 Å². The molecular weight excluding hydrogens is 190 g/mol. The van der Waals surface area contributed by atoms with E-state index in [0.717, 1.165) is 30.8 Å². The Hall–Kier alpha value is -1.08. The number of carbonyl (C=O) groups is 1. The lowest BCUT2D eigenvalue weighted by Gasteiger charge is -2.35. The largest absolute Gasteiger partial charge is 0.317 e. The van der Waals surface area contributed by atoms with Crippen LogP contribution in [-0.4, -0.2) is 26.2 Å². The van der Waals surface area contributed by atoms with Gasteiger partial charge in [0, 0.05) is 11.5 Å². The molecule has 0 radical (unpaired) electrons. The summed E-state index contributed by atoms with van der Waals surface area (Å²) in [7, 11) is 0. The molecule has 0 saturated heterocycles. The molecule has 0 aromatic carbocycles. The van der Waals surface area contributed by atoms with Gasteiger partial charge in [-0.05, 0) is 24.5 Å². The minimum Gasteiger partial charge on any atom is -0.317 e. The molecule has 0 atom stereocenters. The van der Waals surface area contributed by atoms with Gasteiger partial charge in [0.1, 0.15) is 0 Å². The highest BCUT2D eigenvalue weighted by Crippen LogP contribution is 2.30. The summed E-state index contributed by atoms with van der Waals surface area (Å²) < 4.78 is 3.53. The lowest BCUT2D eigenvalue weighted by molar-refractivity contribution is -0.123. The molecule has 0 spiro atoms. The van der Waals surface area contributed by atoms with Crippen molar-refractivity contribution in [2.24, 2.45) is 5.73 Å². The zero-order chi connectivity index (χ0) is 9.31. The molecule has 1 saturated carbocycles. The normalized spacial score (nSPS) is 19.2. The van der Waals surface area contributed by atoms with Gasteiger partial charge >= 0.3 is 0 Å². The van der Waals surface area contributed by atoms with E-state index >= 15 is 0 Å². The smallest absolute Gasteiger partial charge is 0.246 e. The Labute approximate surface area is 78.7 Å². The minimum atomic E-state index is -0.689. The highest BCUT2D eigenvalue weighted by molar-refractivity contribution is 7.09. The number of anilines is 1. The number of hydrogen-bond donors (Lipinski definition) is 2. The highest BCUT2D eigenvalue weighted by atomic mass is 32.1. The zero-order valence-electron chi connectivity index (χ0n) is 6.86. The van der Waals surface area contributed by atoms with Crippen molar-refractivity contribution in [3.63, 3.8) is 0 Å². The summed E-state index contributed by atoms with van der Waals surface area (Å²) in [6.07, 6.45) is 2.49. The average molecular weight is 199 g/mol. The first kappa shape index (κ1) is 8.52. The Morgan fingerprint density at radius 3 is 2.85 bits per heavy atom. The summed E-state index contributed by atoms with van der Waals surface area (Å²) in [5, 5.41) is 9.95. The van der Waals surface area contributed by atoms with Crippen molar-refractivity contribution in [2.75, 3.05) is 5.32 Å². The molecule has 13 heavy (non-hydrogen) atoms. The number of hydrogen-bond acceptors (Lipinski definition) is 6. The Kier molecular flexibility index (Phi) is 1.97. The fourth-order valence-electron chi connectivity index (χ4n) is 1.19. The molecule has 1 fully saturated rings. The second kappa shape index (κ2) is 3.00. The van der Waals surface area contributed by atoms with Crippen LogP contribution in [0.1, 0.15) is 19.3 Å². The van der Waals surface area contributed by atoms with Crippen LogP contribution in [-0.2, 0) is 4.79 Å². The Balaban J connectivity index is 1.99. The summed E-state index contributed by atoms with van der Waals surface area (Å²) >= 11 is 1.04. The minimum absolute atomic E-state index is 0.183. The highest BCUT2D eigenvalue weighted by Gasteiger charge is 2.40. The molecule has 1 aliphatic rings. The van der Waals surface area contributed by atoms with Crippen molar-refractivity contribution in [1.82, 2.24) is 14.8 Å². The molecule has 1 amide bonds. The van der Waals surface area contributed by atoms with Crippen molar-refractivity contribution in [3.05, 3.63) is 0 Å². The van der Waals surface area contributed by atoms with Crippen molar-refractivity contribution in [2.45, 2.75) is 24.8 Å². The van der Waals surface area contributed by atoms with Gasteiger partial charge in [0.2, 0.25) is 11.0 Å². The van der Waals surface area contributed by atoms with Crippen molar-refractivity contribution in [3.8, 4) is 0 Å². The summed E-state index contributed by atoms with van der Waals surface area (Å²) in [5.41, 5.74) is 5.10. The van der Waals surface area contributed by atoms with Crippen LogP contribution in [0.4, 0.5) is 5.13 Å². The predicted molar refractivity (Wildman–Crippen MR) is 47.1 cm³/mol. The molecule has 1 aromatic rings. The second-order valence-corrected chi connectivity index (χ2v) is 3.86. The number of nitrogens with two attached hydrogens (primary N) is 1. The first-order valence-electron chi connectivity index (χ1n) is 3.96. The van der Waals surface area contributed by atoms with Crippen LogP contribution in [0.2, 0.25) is 0 Å². The number of rotatable bonds is 2. The molecule has 2 rings (SSSR count). The summed E-state index contributed by atoms with van der Waals surface area (Å²) in [6, 6.07) is 0. The van der Waals surface area contributed by atoms with Crippen LogP contribution < -0.4 is 11.1 Å². The van der Waals surface area contributed by atoms with Gasteiger partial charge < -0.3 is 5.73 Å². The number of carbonyl (C=O) groups excluding carboxylic acids is 1. The standard InChI is InChI=1S/C6H9N5OS/c7-6(2-1-3-6)4(12)8-5-9-10-11-13-5/h1-3,7H2,(H,8,9,11,12). The number of amides is 1. The van der Waals surface area contributed by atoms with Crippen LogP contribution >= 0.6 is 11.5 Å². The maximum atomic E-state index is 11.5. The molecule has 0 bridgehead atoms. The summed E-state index contributed by atoms with van der Waals surface area (Å²) in [4.78, 5) is 11.5. The topological polar surface area (TPSA) is 93.8 Å². The van der Waals surface area contributed by atoms with Crippen LogP contribution in [0, 0.1) is 0 Å². The van der Waals surface area contributed by atoms with Gasteiger partial charge in [-0.1, -0.05) is 9.59 Å². The fraction of sp³-hybridized carbons (Fsp3) is 0.667. The monoisotopic (exact) mass is 199 g/mol.